The largest absolute Gasteiger partial charge is 0.461 e. The molecule has 1 rings (SSSR count). The first-order chi connectivity index (χ1) is 8.56. The van der Waals surface area contributed by atoms with Gasteiger partial charge in [-0.2, -0.15) is 0 Å². The molecule has 1 fully saturated rings. The van der Waals surface area contributed by atoms with Crippen LogP contribution in [0.25, 0.3) is 0 Å². The number of ether oxygens (including phenoxy) is 3. The van der Waals surface area contributed by atoms with Crippen LogP contribution < -0.4 is 5.32 Å². The predicted molar refractivity (Wildman–Crippen MR) is 64.1 cm³/mol. The monoisotopic (exact) mass is 257 g/mol. The van der Waals surface area contributed by atoms with E-state index in [2.05, 4.69) is 11.9 Å². The molecule has 0 unspecified atom stereocenters. The van der Waals surface area contributed by atoms with Gasteiger partial charge >= 0.3 is 12.1 Å². The average molecular weight is 257 g/mol. The summed E-state index contributed by atoms with van der Waals surface area (Å²) in [5.74, 6) is -0.512. The maximum atomic E-state index is 11.5. The summed E-state index contributed by atoms with van der Waals surface area (Å²) in [5.41, 5.74) is -0.472. The van der Waals surface area contributed by atoms with Crippen LogP contribution >= 0.6 is 0 Å². The van der Waals surface area contributed by atoms with Crippen molar-refractivity contribution < 1.29 is 23.8 Å². The molecule has 1 N–H and O–H groups in total. The Kier molecular flexibility index (Phi) is 5.64. The summed E-state index contributed by atoms with van der Waals surface area (Å²) >= 11 is 0. The van der Waals surface area contributed by atoms with Crippen molar-refractivity contribution in [1.82, 2.24) is 5.32 Å². The summed E-state index contributed by atoms with van der Waals surface area (Å²) in [6, 6.07) is 0. The fourth-order valence-electron chi connectivity index (χ4n) is 1.53. The van der Waals surface area contributed by atoms with E-state index in [0.717, 1.165) is 6.08 Å². The van der Waals surface area contributed by atoms with Gasteiger partial charge in [-0.1, -0.05) is 6.58 Å². The van der Waals surface area contributed by atoms with Crippen LogP contribution in [-0.2, 0) is 19.0 Å². The normalized spacial score (nSPS) is 17.6. The Hall–Kier alpha value is -1.56. The highest BCUT2D eigenvalue weighted by Crippen LogP contribution is 2.24. The van der Waals surface area contributed by atoms with Crippen LogP contribution in [-0.4, -0.2) is 44.0 Å². The number of hydrogen-bond donors (Lipinski definition) is 1. The third-order valence-electron chi connectivity index (χ3n) is 2.67. The van der Waals surface area contributed by atoms with Gasteiger partial charge in [-0.15, -0.1) is 0 Å². The van der Waals surface area contributed by atoms with Crippen molar-refractivity contribution >= 4 is 12.1 Å². The van der Waals surface area contributed by atoms with E-state index in [9.17, 15) is 9.59 Å². The van der Waals surface area contributed by atoms with E-state index in [-0.39, 0.29) is 13.2 Å². The molecule has 1 amide bonds. The minimum absolute atomic E-state index is 0.0970. The van der Waals surface area contributed by atoms with Crippen molar-refractivity contribution in [2.24, 2.45) is 0 Å². The van der Waals surface area contributed by atoms with Crippen LogP contribution in [0.3, 0.4) is 0 Å². The van der Waals surface area contributed by atoms with Gasteiger partial charge in [-0.3, -0.25) is 0 Å². The third-order valence-corrected chi connectivity index (χ3v) is 2.67. The van der Waals surface area contributed by atoms with Gasteiger partial charge in [0.25, 0.3) is 0 Å². The third kappa shape index (κ3) is 5.18. The zero-order valence-corrected chi connectivity index (χ0v) is 10.6. The van der Waals surface area contributed by atoms with E-state index < -0.39 is 17.7 Å². The van der Waals surface area contributed by atoms with E-state index in [1.165, 1.54) is 0 Å². The van der Waals surface area contributed by atoms with E-state index >= 15 is 0 Å². The second-order valence-corrected chi connectivity index (χ2v) is 4.25. The van der Waals surface area contributed by atoms with Crippen molar-refractivity contribution in [3.63, 3.8) is 0 Å². The SMILES string of the molecule is C=CC(=O)OCCNC(=O)OC1(C)CCOCC1. The average Bonchev–Trinajstić information content (AvgIpc) is 2.34. The molecule has 0 aromatic carbocycles. The van der Waals surface area contributed by atoms with E-state index in [1.807, 2.05) is 6.92 Å². The van der Waals surface area contributed by atoms with Crippen molar-refractivity contribution in [2.75, 3.05) is 26.4 Å². The number of hydrogen-bond acceptors (Lipinski definition) is 5. The summed E-state index contributed by atoms with van der Waals surface area (Å²) in [5, 5.41) is 2.52. The quantitative estimate of drug-likeness (QED) is 0.452. The number of carbonyl (C=O) groups is 2. The molecule has 0 aromatic heterocycles. The molecule has 102 valence electrons. The van der Waals surface area contributed by atoms with Crippen LogP contribution in [0.2, 0.25) is 0 Å². The van der Waals surface area contributed by atoms with Gasteiger partial charge in [0.15, 0.2) is 0 Å². The molecule has 0 aromatic rings. The first-order valence-electron chi connectivity index (χ1n) is 5.89. The molecular weight excluding hydrogens is 238 g/mol. The fraction of sp³-hybridized carbons (Fsp3) is 0.667. The molecular formula is C12H19NO5. The highest BCUT2D eigenvalue weighted by atomic mass is 16.6. The standard InChI is InChI=1S/C12H19NO5/c1-3-10(14)17-9-6-13-11(15)18-12(2)4-7-16-8-5-12/h3H,1,4-9H2,2H3,(H,13,15). The number of rotatable bonds is 5. The lowest BCUT2D eigenvalue weighted by Gasteiger charge is -2.32. The van der Waals surface area contributed by atoms with Crippen LogP contribution in [0.5, 0.6) is 0 Å². The Bertz CT molecular complexity index is 310. The minimum atomic E-state index is -0.512. The van der Waals surface area contributed by atoms with Gasteiger partial charge in [0, 0.05) is 18.9 Å². The summed E-state index contributed by atoms with van der Waals surface area (Å²) in [6.45, 7) is 6.65. The minimum Gasteiger partial charge on any atom is -0.461 e. The van der Waals surface area contributed by atoms with Crippen molar-refractivity contribution in [1.29, 1.82) is 0 Å². The molecule has 1 aliphatic rings. The van der Waals surface area contributed by atoms with Gasteiger partial charge in [0.05, 0.1) is 19.8 Å². The number of amides is 1. The molecule has 0 radical (unpaired) electrons. The zero-order valence-electron chi connectivity index (χ0n) is 10.6. The molecule has 18 heavy (non-hydrogen) atoms. The fourth-order valence-corrected chi connectivity index (χ4v) is 1.53. The van der Waals surface area contributed by atoms with Crippen LogP contribution in [0.15, 0.2) is 12.7 Å². The second kappa shape index (κ2) is 7.00. The summed E-state index contributed by atoms with van der Waals surface area (Å²) in [7, 11) is 0. The van der Waals surface area contributed by atoms with E-state index in [0.29, 0.717) is 26.1 Å². The van der Waals surface area contributed by atoms with Gasteiger partial charge in [0.2, 0.25) is 0 Å². The first kappa shape index (κ1) is 14.5. The predicted octanol–water partition coefficient (Wildman–Crippen LogP) is 1.01. The molecule has 6 heteroatoms. The van der Waals surface area contributed by atoms with E-state index in [4.69, 9.17) is 14.2 Å². The zero-order chi connectivity index (χ0) is 13.4. The Morgan fingerprint density at radius 3 is 2.72 bits per heavy atom. The van der Waals surface area contributed by atoms with E-state index in [1.54, 1.807) is 0 Å². The highest BCUT2D eigenvalue weighted by molar-refractivity contribution is 5.81. The number of alkyl carbamates (subject to hydrolysis) is 1. The van der Waals surface area contributed by atoms with Crippen LogP contribution in [0.4, 0.5) is 4.79 Å². The molecule has 0 saturated carbocycles. The van der Waals surface area contributed by atoms with Crippen molar-refractivity contribution in [3.8, 4) is 0 Å². The summed E-state index contributed by atoms with van der Waals surface area (Å²) < 4.78 is 15.2. The first-order valence-corrected chi connectivity index (χ1v) is 5.89. The maximum absolute atomic E-state index is 11.5. The molecule has 1 aliphatic heterocycles. The number of carbonyl (C=O) groups excluding carboxylic acids is 2. The van der Waals surface area contributed by atoms with Gasteiger partial charge < -0.3 is 19.5 Å². The van der Waals surface area contributed by atoms with Gasteiger partial charge in [-0.25, -0.2) is 9.59 Å². The highest BCUT2D eigenvalue weighted by Gasteiger charge is 2.31. The lowest BCUT2D eigenvalue weighted by atomic mass is 9.97. The molecule has 1 heterocycles. The molecule has 0 bridgehead atoms. The molecule has 0 spiro atoms. The lowest BCUT2D eigenvalue weighted by Crippen LogP contribution is -2.41. The topological polar surface area (TPSA) is 73.9 Å². The van der Waals surface area contributed by atoms with Gasteiger partial charge in [-0.05, 0) is 6.92 Å². The Morgan fingerprint density at radius 1 is 1.44 bits per heavy atom. The Labute approximate surface area is 106 Å². The smallest absolute Gasteiger partial charge is 0.407 e. The second-order valence-electron chi connectivity index (χ2n) is 4.25. The molecule has 1 saturated heterocycles. The molecule has 0 aliphatic carbocycles. The van der Waals surface area contributed by atoms with Crippen LogP contribution in [0.1, 0.15) is 19.8 Å². The summed E-state index contributed by atoms with van der Waals surface area (Å²) in [4.78, 5) is 22.2. The summed E-state index contributed by atoms with van der Waals surface area (Å²) in [6.07, 6.45) is 1.94. The molecule has 0 atom stereocenters. The number of nitrogens with one attached hydrogen (secondary N) is 1. The van der Waals surface area contributed by atoms with Crippen molar-refractivity contribution in [3.05, 3.63) is 12.7 Å². The molecule has 6 nitrogen and oxygen atoms in total. The maximum Gasteiger partial charge on any atom is 0.407 e. The van der Waals surface area contributed by atoms with Gasteiger partial charge in [0.1, 0.15) is 12.2 Å². The Balaban J connectivity index is 2.16. The van der Waals surface area contributed by atoms with Crippen LogP contribution in [0, 0.1) is 0 Å². The Morgan fingerprint density at radius 2 is 2.11 bits per heavy atom. The van der Waals surface area contributed by atoms with Crippen molar-refractivity contribution in [2.45, 2.75) is 25.4 Å². The lowest BCUT2D eigenvalue weighted by molar-refractivity contribution is -0.137. The number of esters is 1.